The van der Waals surface area contributed by atoms with Gasteiger partial charge in [-0.25, -0.2) is 9.37 Å². The number of aromatic nitrogens is 2. The van der Waals surface area contributed by atoms with Crippen LogP contribution in [0.1, 0.15) is 31.3 Å². The molecule has 2 rings (SSSR count). The van der Waals surface area contributed by atoms with Crippen LogP contribution in [0.3, 0.4) is 0 Å². The van der Waals surface area contributed by atoms with Crippen molar-refractivity contribution >= 4 is 5.52 Å². The van der Waals surface area contributed by atoms with Gasteiger partial charge in [0.2, 0.25) is 0 Å². The summed E-state index contributed by atoms with van der Waals surface area (Å²) >= 11 is 0. The summed E-state index contributed by atoms with van der Waals surface area (Å²) in [5, 5.41) is 0. The molecule has 2 N–H and O–H groups in total. The Balaban J connectivity index is 2.81. The lowest BCUT2D eigenvalue weighted by Gasteiger charge is -2.03. The van der Waals surface area contributed by atoms with Crippen LogP contribution in [0.4, 0.5) is 4.39 Å². The topological polar surface area (TPSA) is 43.3 Å². The van der Waals surface area contributed by atoms with Gasteiger partial charge in [0, 0.05) is 18.7 Å². The first-order chi connectivity index (χ1) is 7.15. The molecule has 0 saturated carbocycles. The monoisotopic (exact) mass is 207 g/mol. The van der Waals surface area contributed by atoms with Gasteiger partial charge in [-0.05, 0) is 12.1 Å². The summed E-state index contributed by atoms with van der Waals surface area (Å²) in [5.74, 6) is 0.835. The van der Waals surface area contributed by atoms with Crippen molar-refractivity contribution in [2.75, 3.05) is 0 Å². The van der Waals surface area contributed by atoms with E-state index in [0.29, 0.717) is 11.2 Å². The van der Waals surface area contributed by atoms with Gasteiger partial charge in [-0.2, -0.15) is 0 Å². The van der Waals surface area contributed by atoms with E-state index in [-0.39, 0.29) is 18.3 Å². The van der Waals surface area contributed by atoms with Gasteiger partial charge in [0.25, 0.3) is 0 Å². The first kappa shape index (κ1) is 10.1. The molecule has 2 aromatic rings. The predicted octanol–water partition coefficient (Wildman–Crippen LogP) is 2.06. The summed E-state index contributed by atoms with van der Waals surface area (Å²) in [7, 11) is 0. The molecule has 0 amide bonds. The summed E-state index contributed by atoms with van der Waals surface area (Å²) in [4.78, 5) is 4.37. The van der Waals surface area contributed by atoms with Crippen molar-refractivity contribution in [3.05, 3.63) is 35.7 Å². The van der Waals surface area contributed by atoms with Crippen LogP contribution in [0.15, 0.2) is 18.3 Å². The van der Waals surface area contributed by atoms with E-state index in [1.165, 1.54) is 6.07 Å². The second-order valence-corrected chi connectivity index (χ2v) is 3.85. The smallest absolute Gasteiger partial charge is 0.149 e. The number of imidazole rings is 1. The van der Waals surface area contributed by atoms with Crippen molar-refractivity contribution in [1.82, 2.24) is 9.38 Å². The third-order valence-electron chi connectivity index (χ3n) is 2.42. The molecule has 0 radical (unpaired) electrons. The number of halogens is 1. The van der Waals surface area contributed by atoms with E-state index in [9.17, 15) is 4.39 Å². The lowest BCUT2D eigenvalue weighted by molar-refractivity contribution is 0.630. The average Bonchev–Trinajstić information content (AvgIpc) is 2.58. The van der Waals surface area contributed by atoms with E-state index in [2.05, 4.69) is 4.98 Å². The quantitative estimate of drug-likeness (QED) is 0.819. The molecule has 0 unspecified atom stereocenters. The largest absolute Gasteiger partial charge is 0.325 e. The molecule has 0 aromatic carbocycles. The molecule has 0 spiro atoms. The Morgan fingerprint density at radius 1 is 1.53 bits per heavy atom. The molecule has 0 fully saturated rings. The molecular formula is C11H14FN3. The molecule has 15 heavy (non-hydrogen) atoms. The first-order valence-electron chi connectivity index (χ1n) is 5.00. The molecule has 0 saturated heterocycles. The standard InChI is InChI=1S/C11H14FN3/c1-7(2)11-14-9(6-13)10-8(12)4-3-5-15(10)11/h3-5,7H,6,13H2,1-2H3. The fraction of sp³-hybridized carbons (Fsp3) is 0.364. The van der Waals surface area contributed by atoms with Gasteiger partial charge in [0.1, 0.15) is 17.2 Å². The summed E-state index contributed by atoms with van der Waals surface area (Å²) in [5.41, 5.74) is 6.68. The van der Waals surface area contributed by atoms with Crippen molar-refractivity contribution in [1.29, 1.82) is 0 Å². The molecule has 0 aliphatic carbocycles. The summed E-state index contributed by atoms with van der Waals surface area (Å²) in [6.45, 7) is 4.32. The van der Waals surface area contributed by atoms with E-state index >= 15 is 0 Å². The molecule has 0 aliphatic rings. The zero-order valence-electron chi connectivity index (χ0n) is 8.87. The number of hydrogen-bond acceptors (Lipinski definition) is 2. The fourth-order valence-corrected chi connectivity index (χ4v) is 1.74. The number of fused-ring (bicyclic) bond motifs is 1. The van der Waals surface area contributed by atoms with Gasteiger partial charge in [-0.15, -0.1) is 0 Å². The van der Waals surface area contributed by atoms with Crippen LogP contribution in [0.5, 0.6) is 0 Å². The number of hydrogen-bond donors (Lipinski definition) is 1. The van der Waals surface area contributed by atoms with Crippen LogP contribution in [-0.4, -0.2) is 9.38 Å². The minimum atomic E-state index is -0.266. The lowest BCUT2D eigenvalue weighted by atomic mass is 10.2. The summed E-state index contributed by atoms with van der Waals surface area (Å²) in [6.07, 6.45) is 1.82. The van der Waals surface area contributed by atoms with Gasteiger partial charge >= 0.3 is 0 Å². The van der Waals surface area contributed by atoms with Gasteiger partial charge in [0.15, 0.2) is 0 Å². The number of pyridine rings is 1. The van der Waals surface area contributed by atoms with E-state index in [1.807, 2.05) is 20.0 Å². The molecule has 4 heteroatoms. The Morgan fingerprint density at radius 3 is 2.87 bits per heavy atom. The first-order valence-corrected chi connectivity index (χ1v) is 5.00. The zero-order chi connectivity index (χ0) is 11.0. The van der Waals surface area contributed by atoms with E-state index < -0.39 is 0 Å². The van der Waals surface area contributed by atoms with Gasteiger partial charge < -0.3 is 10.1 Å². The highest BCUT2D eigenvalue weighted by molar-refractivity contribution is 5.54. The summed E-state index contributed by atoms with van der Waals surface area (Å²) < 4.78 is 15.4. The predicted molar refractivity (Wildman–Crippen MR) is 57.1 cm³/mol. The third kappa shape index (κ3) is 1.51. The molecule has 80 valence electrons. The fourth-order valence-electron chi connectivity index (χ4n) is 1.74. The molecular weight excluding hydrogens is 193 g/mol. The van der Waals surface area contributed by atoms with Crippen molar-refractivity contribution in [3.8, 4) is 0 Å². The van der Waals surface area contributed by atoms with Crippen LogP contribution >= 0.6 is 0 Å². The van der Waals surface area contributed by atoms with Gasteiger partial charge in [-0.1, -0.05) is 13.8 Å². The second-order valence-electron chi connectivity index (χ2n) is 3.85. The van der Waals surface area contributed by atoms with Crippen LogP contribution in [-0.2, 0) is 6.54 Å². The van der Waals surface area contributed by atoms with E-state index in [0.717, 1.165) is 5.82 Å². The van der Waals surface area contributed by atoms with Crippen LogP contribution in [0, 0.1) is 5.82 Å². The van der Waals surface area contributed by atoms with Crippen molar-refractivity contribution in [2.24, 2.45) is 5.73 Å². The molecule has 2 aromatic heterocycles. The van der Waals surface area contributed by atoms with E-state index in [1.54, 1.807) is 10.5 Å². The minimum absolute atomic E-state index is 0.250. The molecule has 0 atom stereocenters. The third-order valence-corrected chi connectivity index (χ3v) is 2.42. The number of rotatable bonds is 2. The number of nitrogens with two attached hydrogens (primary N) is 1. The van der Waals surface area contributed by atoms with Crippen molar-refractivity contribution < 1.29 is 4.39 Å². The normalized spacial score (nSPS) is 11.5. The highest BCUT2D eigenvalue weighted by atomic mass is 19.1. The van der Waals surface area contributed by atoms with Crippen LogP contribution in [0.2, 0.25) is 0 Å². The molecule has 0 bridgehead atoms. The van der Waals surface area contributed by atoms with Crippen LogP contribution in [0.25, 0.3) is 5.52 Å². The Labute approximate surface area is 87.7 Å². The Bertz CT molecular complexity index is 488. The second kappa shape index (κ2) is 3.62. The number of nitrogens with zero attached hydrogens (tertiary/aromatic N) is 2. The molecule has 2 heterocycles. The van der Waals surface area contributed by atoms with Gasteiger partial charge in [0.05, 0.1) is 5.69 Å². The highest BCUT2D eigenvalue weighted by Crippen LogP contribution is 2.21. The Kier molecular flexibility index (Phi) is 2.44. The summed E-state index contributed by atoms with van der Waals surface area (Å²) in [6, 6.07) is 3.11. The zero-order valence-corrected chi connectivity index (χ0v) is 8.87. The maximum absolute atomic E-state index is 13.6. The minimum Gasteiger partial charge on any atom is -0.325 e. The lowest BCUT2D eigenvalue weighted by Crippen LogP contribution is -1.98. The van der Waals surface area contributed by atoms with E-state index in [4.69, 9.17) is 5.73 Å². The Morgan fingerprint density at radius 2 is 2.27 bits per heavy atom. The maximum atomic E-state index is 13.6. The molecule has 0 aliphatic heterocycles. The maximum Gasteiger partial charge on any atom is 0.149 e. The van der Waals surface area contributed by atoms with Crippen LogP contribution < -0.4 is 5.73 Å². The molecule has 3 nitrogen and oxygen atoms in total. The Hall–Kier alpha value is -1.42. The van der Waals surface area contributed by atoms with Crippen molar-refractivity contribution in [3.63, 3.8) is 0 Å². The average molecular weight is 207 g/mol. The van der Waals surface area contributed by atoms with Crippen molar-refractivity contribution in [2.45, 2.75) is 26.3 Å². The highest BCUT2D eigenvalue weighted by Gasteiger charge is 2.15. The SMILES string of the molecule is CC(C)c1nc(CN)c2c(F)cccn12. The van der Waals surface area contributed by atoms with Gasteiger partial charge in [-0.3, -0.25) is 0 Å².